The van der Waals surface area contributed by atoms with Gasteiger partial charge in [-0.3, -0.25) is 4.79 Å². The Hall–Kier alpha value is -3.35. The Morgan fingerprint density at radius 1 is 0.656 bits per heavy atom. The van der Waals surface area contributed by atoms with E-state index in [2.05, 4.69) is 32.1 Å². The Balaban J connectivity index is 1.17. The third-order valence-corrected chi connectivity index (χ3v) is 6.47. The summed E-state index contributed by atoms with van der Waals surface area (Å²) in [6.07, 6.45) is 9.08. The standard InChI is InChI=1S/C25H30N6O/c32-25(21-7-9-22(10-8-21)28-13-5-6-14-28)31-19-17-30(18-20-31)24-12-11-23(26-27-24)29-15-3-1-2-4-16-29/h5-14H,1-4,15-20H2. The molecule has 2 fully saturated rings. The van der Waals surface area contributed by atoms with Crippen molar-refractivity contribution < 1.29 is 4.79 Å². The highest BCUT2D eigenvalue weighted by molar-refractivity contribution is 5.94. The van der Waals surface area contributed by atoms with Crippen LogP contribution < -0.4 is 9.80 Å². The van der Waals surface area contributed by atoms with Gasteiger partial charge in [0.05, 0.1) is 0 Å². The minimum Gasteiger partial charge on any atom is -0.355 e. The zero-order chi connectivity index (χ0) is 21.8. The average Bonchev–Trinajstić information content (AvgIpc) is 3.26. The summed E-state index contributed by atoms with van der Waals surface area (Å²) < 4.78 is 2.03. The summed E-state index contributed by atoms with van der Waals surface area (Å²) in [4.78, 5) is 19.5. The molecule has 7 nitrogen and oxygen atoms in total. The van der Waals surface area contributed by atoms with E-state index in [0.717, 1.165) is 49.1 Å². The lowest BCUT2D eigenvalue weighted by Crippen LogP contribution is -2.49. The van der Waals surface area contributed by atoms with Crippen LogP contribution in [-0.4, -0.2) is 64.8 Å². The molecule has 0 atom stereocenters. The van der Waals surface area contributed by atoms with Crippen LogP contribution in [0.3, 0.4) is 0 Å². The summed E-state index contributed by atoms with van der Waals surface area (Å²) in [5.74, 6) is 1.96. The van der Waals surface area contributed by atoms with Crippen molar-refractivity contribution in [3.63, 3.8) is 0 Å². The van der Waals surface area contributed by atoms with Gasteiger partial charge >= 0.3 is 0 Å². The maximum atomic E-state index is 13.0. The largest absolute Gasteiger partial charge is 0.355 e. The van der Waals surface area contributed by atoms with Gasteiger partial charge in [-0.25, -0.2) is 0 Å². The quantitative estimate of drug-likeness (QED) is 0.633. The van der Waals surface area contributed by atoms with Gasteiger partial charge in [-0.05, 0) is 61.4 Å². The minimum absolute atomic E-state index is 0.0892. The Morgan fingerprint density at radius 2 is 1.22 bits per heavy atom. The van der Waals surface area contributed by atoms with Gasteiger partial charge < -0.3 is 19.3 Å². The second kappa shape index (κ2) is 9.42. The number of carbonyl (C=O) groups is 1. The molecule has 1 aromatic carbocycles. The van der Waals surface area contributed by atoms with E-state index in [-0.39, 0.29) is 5.91 Å². The summed E-state index contributed by atoms with van der Waals surface area (Å²) in [6, 6.07) is 16.0. The fraction of sp³-hybridized carbons (Fsp3) is 0.400. The van der Waals surface area contributed by atoms with Gasteiger partial charge in [0.25, 0.3) is 5.91 Å². The van der Waals surface area contributed by atoms with E-state index in [9.17, 15) is 4.79 Å². The minimum atomic E-state index is 0.0892. The summed E-state index contributed by atoms with van der Waals surface area (Å²) >= 11 is 0. The van der Waals surface area contributed by atoms with Gasteiger partial charge in [0, 0.05) is 62.9 Å². The molecule has 2 aromatic heterocycles. The number of rotatable bonds is 4. The Kier molecular flexibility index (Phi) is 6.05. The summed E-state index contributed by atoms with van der Waals surface area (Å²) in [5.41, 5.74) is 1.79. The zero-order valence-corrected chi connectivity index (χ0v) is 18.4. The highest BCUT2D eigenvalue weighted by Gasteiger charge is 2.23. The number of carbonyl (C=O) groups excluding carboxylic acids is 1. The highest BCUT2D eigenvalue weighted by Crippen LogP contribution is 2.20. The molecule has 4 heterocycles. The predicted octanol–water partition coefficient (Wildman–Crippen LogP) is 3.61. The summed E-state index contributed by atoms with van der Waals surface area (Å²) in [5, 5.41) is 9.00. The van der Waals surface area contributed by atoms with Gasteiger partial charge in [-0.1, -0.05) is 12.8 Å². The molecule has 0 radical (unpaired) electrons. The van der Waals surface area contributed by atoms with E-state index >= 15 is 0 Å². The maximum absolute atomic E-state index is 13.0. The van der Waals surface area contributed by atoms with E-state index in [1.807, 2.05) is 58.3 Å². The molecule has 166 valence electrons. The van der Waals surface area contributed by atoms with E-state index in [1.165, 1.54) is 25.7 Å². The first-order valence-corrected chi connectivity index (χ1v) is 11.6. The molecule has 0 N–H and O–H groups in total. The molecule has 0 aliphatic carbocycles. The second-order valence-corrected chi connectivity index (χ2v) is 8.57. The van der Waals surface area contributed by atoms with Gasteiger partial charge in [-0.15, -0.1) is 10.2 Å². The molecule has 2 saturated heterocycles. The second-order valence-electron chi connectivity index (χ2n) is 8.57. The van der Waals surface area contributed by atoms with Crippen molar-refractivity contribution in [2.24, 2.45) is 0 Å². The lowest BCUT2D eigenvalue weighted by atomic mass is 10.1. The molecular formula is C25H30N6O. The molecule has 1 amide bonds. The van der Waals surface area contributed by atoms with Gasteiger partial charge in [0.15, 0.2) is 11.6 Å². The van der Waals surface area contributed by atoms with Gasteiger partial charge in [0.1, 0.15) is 0 Å². The summed E-state index contributed by atoms with van der Waals surface area (Å²) in [7, 11) is 0. The van der Waals surface area contributed by atoms with Crippen molar-refractivity contribution in [1.29, 1.82) is 0 Å². The van der Waals surface area contributed by atoms with Crippen LogP contribution in [0.25, 0.3) is 5.69 Å². The maximum Gasteiger partial charge on any atom is 0.253 e. The number of piperazine rings is 1. The monoisotopic (exact) mass is 430 g/mol. The Bertz CT molecular complexity index is 1000. The molecule has 0 unspecified atom stereocenters. The molecule has 0 spiro atoms. The van der Waals surface area contributed by atoms with Crippen molar-refractivity contribution in [2.75, 3.05) is 49.1 Å². The smallest absolute Gasteiger partial charge is 0.253 e. The topological polar surface area (TPSA) is 57.5 Å². The zero-order valence-electron chi connectivity index (χ0n) is 18.4. The predicted molar refractivity (Wildman–Crippen MR) is 127 cm³/mol. The lowest BCUT2D eigenvalue weighted by Gasteiger charge is -2.35. The molecular weight excluding hydrogens is 400 g/mol. The van der Waals surface area contributed by atoms with Gasteiger partial charge in [-0.2, -0.15) is 0 Å². The molecule has 2 aliphatic heterocycles. The van der Waals surface area contributed by atoms with E-state index < -0.39 is 0 Å². The van der Waals surface area contributed by atoms with E-state index in [1.54, 1.807) is 0 Å². The van der Waals surface area contributed by atoms with Crippen LogP contribution in [-0.2, 0) is 0 Å². The van der Waals surface area contributed by atoms with Gasteiger partial charge in [0.2, 0.25) is 0 Å². The van der Waals surface area contributed by atoms with Crippen LogP contribution in [0.15, 0.2) is 60.9 Å². The molecule has 32 heavy (non-hydrogen) atoms. The van der Waals surface area contributed by atoms with Crippen molar-refractivity contribution >= 4 is 17.5 Å². The Morgan fingerprint density at radius 3 is 1.78 bits per heavy atom. The number of anilines is 2. The first-order chi connectivity index (χ1) is 15.8. The molecule has 0 bridgehead atoms. The first kappa shape index (κ1) is 20.5. The van der Waals surface area contributed by atoms with Crippen LogP contribution in [0.1, 0.15) is 36.0 Å². The lowest BCUT2D eigenvalue weighted by molar-refractivity contribution is 0.0746. The molecule has 3 aromatic rings. The number of hydrogen-bond acceptors (Lipinski definition) is 5. The fourth-order valence-corrected chi connectivity index (χ4v) is 4.56. The van der Waals surface area contributed by atoms with E-state index in [0.29, 0.717) is 13.1 Å². The summed E-state index contributed by atoms with van der Waals surface area (Å²) in [6.45, 7) is 5.06. The number of amides is 1. The average molecular weight is 431 g/mol. The number of hydrogen-bond donors (Lipinski definition) is 0. The first-order valence-electron chi connectivity index (χ1n) is 11.6. The number of benzene rings is 1. The van der Waals surface area contributed by atoms with Crippen molar-refractivity contribution in [1.82, 2.24) is 19.7 Å². The van der Waals surface area contributed by atoms with Crippen LogP contribution in [0.2, 0.25) is 0 Å². The van der Waals surface area contributed by atoms with Crippen molar-refractivity contribution in [3.05, 3.63) is 66.5 Å². The van der Waals surface area contributed by atoms with Crippen LogP contribution in [0.5, 0.6) is 0 Å². The van der Waals surface area contributed by atoms with Crippen LogP contribution in [0.4, 0.5) is 11.6 Å². The van der Waals surface area contributed by atoms with Crippen molar-refractivity contribution in [2.45, 2.75) is 25.7 Å². The number of nitrogens with zero attached hydrogens (tertiary/aromatic N) is 6. The van der Waals surface area contributed by atoms with Crippen LogP contribution in [0, 0.1) is 0 Å². The highest BCUT2D eigenvalue weighted by atomic mass is 16.2. The third-order valence-electron chi connectivity index (χ3n) is 6.47. The molecule has 0 saturated carbocycles. The third kappa shape index (κ3) is 4.47. The van der Waals surface area contributed by atoms with Crippen molar-refractivity contribution in [3.8, 4) is 5.69 Å². The fourth-order valence-electron chi connectivity index (χ4n) is 4.56. The Labute approximate surface area is 189 Å². The SMILES string of the molecule is O=C(c1ccc(-n2cccc2)cc1)N1CCN(c2ccc(N3CCCCCC3)nn2)CC1. The van der Waals surface area contributed by atoms with E-state index in [4.69, 9.17) is 0 Å². The molecule has 5 rings (SSSR count). The molecule has 2 aliphatic rings. The normalized spacial score (nSPS) is 17.3. The number of aromatic nitrogens is 3. The molecule has 7 heteroatoms. The van der Waals surface area contributed by atoms with Crippen LogP contribution >= 0.6 is 0 Å².